The molecule has 0 aromatic heterocycles. The average Bonchev–Trinajstić information content (AvgIpc) is 3.33. The highest BCUT2D eigenvalue weighted by Gasteiger charge is 2.55. The van der Waals surface area contributed by atoms with Crippen molar-refractivity contribution in [2.24, 2.45) is 0 Å². The van der Waals surface area contributed by atoms with Gasteiger partial charge in [-0.05, 0) is 30.2 Å². The Bertz CT molecular complexity index is 1010. The van der Waals surface area contributed by atoms with Crippen LogP contribution in [0.25, 0.3) is 0 Å². The second-order valence-corrected chi connectivity index (χ2v) is 7.86. The Hall–Kier alpha value is -3.06. The van der Waals surface area contributed by atoms with E-state index in [9.17, 15) is 9.59 Å². The molecular formula is C23H24N2O5. The van der Waals surface area contributed by atoms with E-state index >= 15 is 0 Å². The first-order valence-electron chi connectivity index (χ1n) is 10.2. The fourth-order valence-corrected chi connectivity index (χ4v) is 4.79. The summed E-state index contributed by atoms with van der Waals surface area (Å²) in [5, 5.41) is 0. The molecule has 3 aliphatic heterocycles. The molecule has 1 fully saturated rings. The van der Waals surface area contributed by atoms with Crippen LogP contribution in [0.1, 0.15) is 22.3 Å². The lowest BCUT2D eigenvalue weighted by atomic mass is 9.81. The zero-order chi connectivity index (χ0) is 20.7. The van der Waals surface area contributed by atoms with Gasteiger partial charge >= 0.3 is 0 Å². The Morgan fingerprint density at radius 2 is 1.97 bits per heavy atom. The highest BCUT2D eigenvalue weighted by molar-refractivity contribution is 6.09. The van der Waals surface area contributed by atoms with Gasteiger partial charge in [0.2, 0.25) is 5.91 Å². The molecule has 30 heavy (non-hydrogen) atoms. The van der Waals surface area contributed by atoms with Crippen molar-refractivity contribution in [2.45, 2.75) is 11.8 Å². The van der Waals surface area contributed by atoms with Gasteiger partial charge in [0.05, 0.1) is 17.6 Å². The zero-order valence-corrected chi connectivity index (χ0v) is 16.9. The summed E-state index contributed by atoms with van der Waals surface area (Å²) in [5.41, 5.74) is 1.70. The first-order valence-corrected chi connectivity index (χ1v) is 10.2. The van der Waals surface area contributed by atoms with Crippen molar-refractivity contribution in [1.29, 1.82) is 0 Å². The minimum Gasteiger partial charge on any atom is -0.486 e. The average molecular weight is 408 g/mol. The number of carbonyl (C=O) groups excluding carboxylic acids is 2. The van der Waals surface area contributed by atoms with E-state index in [0.29, 0.717) is 62.9 Å². The Balaban J connectivity index is 1.45. The molecule has 0 aliphatic carbocycles. The number of nitrogens with zero attached hydrogens (tertiary/aromatic N) is 2. The van der Waals surface area contributed by atoms with E-state index < -0.39 is 5.41 Å². The molecule has 3 heterocycles. The summed E-state index contributed by atoms with van der Waals surface area (Å²) in [6.45, 7) is 2.73. The van der Waals surface area contributed by atoms with Crippen molar-refractivity contribution < 1.29 is 23.8 Å². The van der Waals surface area contributed by atoms with Crippen LogP contribution in [0.5, 0.6) is 11.5 Å². The normalized spacial score (nSPS) is 22.0. The number of anilines is 1. The first kappa shape index (κ1) is 18.9. The summed E-state index contributed by atoms with van der Waals surface area (Å²) in [7, 11) is 1.63. The van der Waals surface area contributed by atoms with Crippen LogP contribution in [0.15, 0.2) is 42.5 Å². The van der Waals surface area contributed by atoms with E-state index in [1.54, 1.807) is 35.1 Å². The Kier molecular flexibility index (Phi) is 4.62. The highest BCUT2D eigenvalue weighted by atomic mass is 16.6. The molecule has 2 amide bonds. The van der Waals surface area contributed by atoms with Gasteiger partial charge in [0.15, 0.2) is 11.5 Å². The number of hydrogen-bond donors (Lipinski definition) is 0. The minimum absolute atomic E-state index is 0.0470. The van der Waals surface area contributed by atoms with Crippen LogP contribution < -0.4 is 14.4 Å². The maximum Gasteiger partial charge on any atom is 0.257 e. The third-order valence-electron chi connectivity index (χ3n) is 6.24. The number of likely N-dealkylation sites (tertiary alicyclic amines) is 1. The molecule has 2 aromatic rings. The van der Waals surface area contributed by atoms with Crippen molar-refractivity contribution in [2.75, 3.05) is 51.5 Å². The molecule has 1 saturated heterocycles. The first-order chi connectivity index (χ1) is 14.7. The van der Waals surface area contributed by atoms with Crippen LogP contribution in [0.3, 0.4) is 0 Å². The molecule has 1 unspecified atom stereocenters. The summed E-state index contributed by atoms with van der Waals surface area (Å²) in [5.74, 6) is 1.00. The lowest BCUT2D eigenvalue weighted by Gasteiger charge is -2.26. The summed E-state index contributed by atoms with van der Waals surface area (Å²) < 4.78 is 16.6. The quantitative estimate of drug-likeness (QED) is 0.776. The number of para-hydroxylation sites is 2. The van der Waals surface area contributed by atoms with Gasteiger partial charge in [-0.15, -0.1) is 0 Å². The maximum absolute atomic E-state index is 13.5. The third kappa shape index (κ3) is 2.76. The predicted molar refractivity (Wildman–Crippen MR) is 110 cm³/mol. The molecule has 3 aliphatic rings. The molecule has 7 heteroatoms. The summed E-state index contributed by atoms with van der Waals surface area (Å²) in [6.07, 6.45) is 0.602. The molecule has 0 saturated carbocycles. The monoisotopic (exact) mass is 408 g/mol. The van der Waals surface area contributed by atoms with Crippen LogP contribution in [0.2, 0.25) is 0 Å². The predicted octanol–water partition coefficient (Wildman–Crippen LogP) is 2.23. The van der Waals surface area contributed by atoms with Crippen LogP contribution in [0, 0.1) is 0 Å². The van der Waals surface area contributed by atoms with Crippen molar-refractivity contribution >= 4 is 17.5 Å². The van der Waals surface area contributed by atoms with Gasteiger partial charge < -0.3 is 24.0 Å². The van der Waals surface area contributed by atoms with Crippen LogP contribution in [-0.4, -0.2) is 63.3 Å². The summed E-state index contributed by atoms with van der Waals surface area (Å²) in [6, 6.07) is 13.2. The smallest absolute Gasteiger partial charge is 0.257 e. The van der Waals surface area contributed by atoms with E-state index in [2.05, 4.69) is 0 Å². The van der Waals surface area contributed by atoms with Crippen molar-refractivity contribution in [3.8, 4) is 11.5 Å². The number of hydrogen-bond acceptors (Lipinski definition) is 5. The number of carbonyl (C=O) groups is 2. The van der Waals surface area contributed by atoms with Gasteiger partial charge in [-0.25, -0.2) is 0 Å². The van der Waals surface area contributed by atoms with Crippen molar-refractivity contribution in [1.82, 2.24) is 4.90 Å². The number of benzene rings is 2. The number of fused-ring (bicyclic) bond motifs is 3. The summed E-state index contributed by atoms with van der Waals surface area (Å²) >= 11 is 0. The number of amides is 2. The standard InChI is InChI=1S/C23H24N2O5/c1-28-12-11-25-18-7-3-2-6-17(18)23(22(25)27)9-10-24(15-23)21(26)16-5-4-8-19-20(16)30-14-13-29-19/h2-8H,9-15H2,1H3. The molecule has 0 N–H and O–H groups in total. The van der Waals surface area contributed by atoms with Crippen molar-refractivity contribution in [3.05, 3.63) is 53.6 Å². The Labute approximate surface area is 175 Å². The fourth-order valence-electron chi connectivity index (χ4n) is 4.79. The number of rotatable bonds is 4. The van der Waals surface area contributed by atoms with Crippen molar-refractivity contribution in [3.63, 3.8) is 0 Å². The van der Waals surface area contributed by atoms with Gasteiger partial charge in [0.25, 0.3) is 5.91 Å². The van der Waals surface area contributed by atoms with Gasteiger partial charge in [0.1, 0.15) is 13.2 Å². The lowest BCUT2D eigenvalue weighted by molar-refractivity contribution is -0.122. The van der Waals surface area contributed by atoms with E-state index in [1.165, 1.54) is 0 Å². The zero-order valence-electron chi connectivity index (χ0n) is 16.9. The molecule has 2 aromatic carbocycles. The SMILES string of the molecule is COCCN1C(=O)C2(CCN(C(=O)c3cccc4c3OCCO4)C2)c2ccccc21. The van der Waals surface area contributed by atoms with Gasteiger partial charge in [-0.3, -0.25) is 9.59 Å². The second kappa shape index (κ2) is 7.32. The largest absolute Gasteiger partial charge is 0.486 e. The lowest BCUT2D eigenvalue weighted by Crippen LogP contribution is -2.44. The van der Waals surface area contributed by atoms with Crippen LogP contribution in [-0.2, 0) is 14.9 Å². The molecule has 0 radical (unpaired) electrons. The van der Waals surface area contributed by atoms with E-state index in [1.807, 2.05) is 24.3 Å². The fraction of sp³-hybridized carbons (Fsp3) is 0.391. The topological polar surface area (TPSA) is 68.3 Å². The van der Waals surface area contributed by atoms with Crippen LogP contribution in [0.4, 0.5) is 5.69 Å². The summed E-state index contributed by atoms with van der Waals surface area (Å²) in [4.78, 5) is 30.5. The molecule has 1 spiro atoms. The number of methoxy groups -OCH3 is 1. The Morgan fingerprint density at radius 3 is 2.83 bits per heavy atom. The molecular weight excluding hydrogens is 384 g/mol. The van der Waals surface area contributed by atoms with Gasteiger partial charge in [-0.1, -0.05) is 24.3 Å². The molecule has 5 rings (SSSR count). The second-order valence-electron chi connectivity index (χ2n) is 7.86. The number of ether oxygens (including phenoxy) is 3. The highest BCUT2D eigenvalue weighted by Crippen LogP contribution is 2.47. The van der Waals surface area contributed by atoms with E-state index in [4.69, 9.17) is 14.2 Å². The van der Waals surface area contributed by atoms with Gasteiger partial charge in [0, 0.05) is 32.4 Å². The van der Waals surface area contributed by atoms with Gasteiger partial charge in [-0.2, -0.15) is 0 Å². The minimum atomic E-state index is -0.702. The molecule has 7 nitrogen and oxygen atoms in total. The van der Waals surface area contributed by atoms with Crippen LogP contribution >= 0.6 is 0 Å². The molecule has 156 valence electrons. The van der Waals surface area contributed by atoms with E-state index in [0.717, 1.165) is 11.3 Å². The molecule has 1 atom stereocenters. The Morgan fingerprint density at radius 1 is 1.13 bits per heavy atom. The van der Waals surface area contributed by atoms with E-state index in [-0.39, 0.29) is 11.8 Å². The third-order valence-corrected chi connectivity index (χ3v) is 6.24. The maximum atomic E-state index is 13.5. The molecule has 0 bridgehead atoms.